The molecular weight excluding hydrogens is 286 g/mol. The van der Waals surface area contributed by atoms with Crippen molar-refractivity contribution in [2.75, 3.05) is 24.4 Å². The molecule has 0 saturated carbocycles. The van der Waals surface area contributed by atoms with Gasteiger partial charge in [-0.2, -0.15) is 4.83 Å². The van der Waals surface area contributed by atoms with Crippen LogP contribution >= 0.6 is 11.9 Å². The van der Waals surface area contributed by atoms with E-state index < -0.39 is 10.0 Å². The lowest BCUT2D eigenvalue weighted by Crippen LogP contribution is -2.25. The van der Waals surface area contributed by atoms with Gasteiger partial charge in [-0.25, -0.2) is 18.6 Å². The smallest absolute Gasteiger partial charge is 0.238 e. The van der Waals surface area contributed by atoms with Crippen LogP contribution in [0.1, 0.15) is 0 Å². The first-order chi connectivity index (χ1) is 8.88. The van der Waals surface area contributed by atoms with Crippen LogP contribution < -0.4 is 20.3 Å². The van der Waals surface area contributed by atoms with Crippen molar-refractivity contribution in [3.63, 3.8) is 0 Å². The lowest BCUT2D eigenvalue weighted by Gasteiger charge is -2.12. The zero-order valence-electron chi connectivity index (χ0n) is 10.3. The second-order valence-corrected chi connectivity index (χ2v) is 6.76. The molecule has 19 heavy (non-hydrogen) atoms. The Kier molecular flexibility index (Phi) is 2.68. The molecule has 7 nitrogen and oxygen atoms in total. The fourth-order valence-corrected chi connectivity index (χ4v) is 3.30. The Morgan fingerprint density at radius 3 is 2.74 bits per heavy atom. The molecule has 0 saturated heterocycles. The minimum absolute atomic E-state index is 0.0968. The predicted molar refractivity (Wildman–Crippen MR) is 75.4 cm³/mol. The highest BCUT2D eigenvalue weighted by molar-refractivity contribution is 8.01. The average molecular weight is 299 g/mol. The van der Waals surface area contributed by atoms with Crippen molar-refractivity contribution in [2.45, 2.75) is 4.90 Å². The number of benzene rings is 1. The molecule has 1 aromatic rings. The summed E-state index contributed by atoms with van der Waals surface area (Å²) in [6, 6.07) is 4.76. The van der Waals surface area contributed by atoms with Gasteiger partial charge in [0.05, 0.1) is 16.3 Å². The van der Waals surface area contributed by atoms with Gasteiger partial charge in [0.15, 0.2) is 5.82 Å². The molecule has 9 heteroatoms. The van der Waals surface area contributed by atoms with Crippen LogP contribution in [-0.4, -0.2) is 27.4 Å². The van der Waals surface area contributed by atoms with Crippen LogP contribution in [-0.2, 0) is 10.0 Å². The first-order valence-electron chi connectivity index (χ1n) is 5.46. The molecule has 2 aliphatic rings. The number of primary sulfonamides is 1. The Balaban J connectivity index is 2.07. The Labute approximate surface area is 115 Å². The topological polar surface area (TPSA) is 90.7 Å². The van der Waals surface area contributed by atoms with Crippen LogP contribution in [0.5, 0.6) is 0 Å². The lowest BCUT2D eigenvalue weighted by molar-refractivity contribution is 0.546. The zero-order valence-corrected chi connectivity index (χ0v) is 12.0. The second-order valence-electron chi connectivity index (χ2n) is 4.43. The third-order valence-electron chi connectivity index (χ3n) is 2.86. The molecule has 0 atom stereocenters. The summed E-state index contributed by atoms with van der Waals surface area (Å²) >= 11 is 1.49. The fraction of sp³-hybridized carbons (Fsp3) is 0.200. The van der Waals surface area contributed by atoms with E-state index in [4.69, 9.17) is 5.14 Å². The molecule has 4 N–H and O–H groups in total. The molecule has 1 aromatic carbocycles. The van der Waals surface area contributed by atoms with Gasteiger partial charge >= 0.3 is 0 Å². The normalized spacial score (nSPS) is 17.3. The van der Waals surface area contributed by atoms with E-state index in [9.17, 15) is 8.42 Å². The number of hydrazine groups is 1. The van der Waals surface area contributed by atoms with E-state index in [1.165, 1.54) is 24.1 Å². The Morgan fingerprint density at radius 2 is 2.11 bits per heavy atom. The number of hydrogen-bond donors (Lipinski definition) is 3. The summed E-state index contributed by atoms with van der Waals surface area (Å²) < 4.78 is 22.7. The van der Waals surface area contributed by atoms with Crippen LogP contribution in [0.15, 0.2) is 33.9 Å². The molecule has 3 rings (SSSR count). The molecule has 0 aromatic heterocycles. The summed E-state index contributed by atoms with van der Waals surface area (Å²) in [7, 11) is 0.202. The first-order valence-corrected chi connectivity index (χ1v) is 7.82. The number of fused-ring (bicyclic) bond motifs is 3. The maximum atomic E-state index is 11.3. The lowest BCUT2D eigenvalue weighted by atomic mass is 10.3. The van der Waals surface area contributed by atoms with Crippen LogP contribution in [0.3, 0.4) is 0 Å². The van der Waals surface area contributed by atoms with Gasteiger partial charge in [-0.15, -0.1) is 0 Å². The molecule has 0 amide bonds. The third kappa shape index (κ3) is 1.94. The molecule has 0 unspecified atom stereocenters. The van der Waals surface area contributed by atoms with Gasteiger partial charge in [-0.1, -0.05) is 0 Å². The molecule has 0 bridgehead atoms. The van der Waals surface area contributed by atoms with E-state index in [0.717, 1.165) is 16.5 Å². The van der Waals surface area contributed by atoms with Crippen molar-refractivity contribution in [3.05, 3.63) is 29.0 Å². The standard InChI is InChI=1S/C10H13N5O2S2/c1-14(2)10-9-12-7-5-6(19(11,16)17)3-4-8(7)15(9)13-18-10/h3-5,12-13H,1-2H3,(H2,11,16,17). The highest BCUT2D eigenvalue weighted by Crippen LogP contribution is 2.43. The molecule has 0 spiro atoms. The number of sulfonamides is 1. The van der Waals surface area contributed by atoms with Crippen LogP contribution in [0.25, 0.3) is 0 Å². The van der Waals surface area contributed by atoms with E-state index in [0.29, 0.717) is 5.69 Å². The zero-order chi connectivity index (χ0) is 13.8. The van der Waals surface area contributed by atoms with Gasteiger partial charge in [-0.3, -0.25) is 0 Å². The van der Waals surface area contributed by atoms with Crippen LogP contribution in [0.4, 0.5) is 11.4 Å². The van der Waals surface area contributed by atoms with Crippen LogP contribution in [0, 0.1) is 0 Å². The van der Waals surface area contributed by atoms with Crippen molar-refractivity contribution in [3.8, 4) is 0 Å². The highest BCUT2D eigenvalue weighted by Gasteiger charge is 2.33. The van der Waals surface area contributed by atoms with Gasteiger partial charge in [0, 0.05) is 14.1 Å². The second kappa shape index (κ2) is 4.04. The van der Waals surface area contributed by atoms with E-state index in [1.807, 2.05) is 24.0 Å². The van der Waals surface area contributed by atoms with Crippen molar-refractivity contribution >= 4 is 33.3 Å². The van der Waals surface area contributed by atoms with Crippen molar-refractivity contribution in [1.82, 2.24) is 9.73 Å². The average Bonchev–Trinajstić information content (AvgIpc) is 2.84. The molecule has 0 radical (unpaired) electrons. The molecule has 2 heterocycles. The number of anilines is 2. The Morgan fingerprint density at radius 1 is 1.37 bits per heavy atom. The third-order valence-corrected chi connectivity index (χ3v) is 4.79. The van der Waals surface area contributed by atoms with Gasteiger partial charge in [0.1, 0.15) is 5.03 Å². The highest BCUT2D eigenvalue weighted by atomic mass is 32.2. The van der Waals surface area contributed by atoms with E-state index in [-0.39, 0.29) is 4.90 Å². The summed E-state index contributed by atoms with van der Waals surface area (Å²) in [6.07, 6.45) is 0. The number of rotatable bonds is 2. The summed E-state index contributed by atoms with van der Waals surface area (Å²) in [4.78, 5) is 5.23. The maximum absolute atomic E-state index is 11.3. The number of nitrogens with two attached hydrogens (primary N) is 1. The van der Waals surface area contributed by atoms with E-state index in [2.05, 4.69) is 10.1 Å². The molecule has 0 fully saturated rings. The molecule has 0 aliphatic carbocycles. The summed E-state index contributed by atoms with van der Waals surface area (Å²) in [5, 5.41) is 11.2. The van der Waals surface area contributed by atoms with Crippen molar-refractivity contribution in [1.29, 1.82) is 0 Å². The quantitative estimate of drug-likeness (QED) is 0.682. The fourth-order valence-electron chi connectivity index (χ4n) is 1.98. The molecular formula is C10H13N5O2S2. The first kappa shape index (κ1) is 12.6. The summed E-state index contributed by atoms with van der Waals surface area (Å²) in [5.41, 5.74) is 1.58. The number of nitrogens with zero attached hydrogens (tertiary/aromatic N) is 2. The minimum Gasteiger partial charge on any atom is -0.368 e. The molecule has 102 valence electrons. The van der Waals surface area contributed by atoms with Crippen LogP contribution in [0.2, 0.25) is 0 Å². The minimum atomic E-state index is -3.69. The molecule has 2 aliphatic heterocycles. The van der Waals surface area contributed by atoms with Gasteiger partial charge in [0.25, 0.3) is 0 Å². The SMILES string of the molecule is CN(C)C1=C2Nc3cc(S(N)(=O)=O)ccc3N2NS1. The monoisotopic (exact) mass is 299 g/mol. The van der Waals surface area contributed by atoms with E-state index in [1.54, 1.807) is 6.07 Å². The Hall–Kier alpha value is -1.42. The van der Waals surface area contributed by atoms with E-state index >= 15 is 0 Å². The van der Waals surface area contributed by atoms with Gasteiger partial charge in [0.2, 0.25) is 10.0 Å². The Bertz CT molecular complexity index is 683. The number of nitrogens with one attached hydrogen (secondary N) is 2. The van der Waals surface area contributed by atoms with Gasteiger partial charge < -0.3 is 10.2 Å². The van der Waals surface area contributed by atoms with Crippen molar-refractivity contribution in [2.24, 2.45) is 5.14 Å². The predicted octanol–water partition coefficient (Wildman–Crippen LogP) is 0.421. The van der Waals surface area contributed by atoms with Gasteiger partial charge in [-0.05, 0) is 30.1 Å². The summed E-state index contributed by atoms with van der Waals surface area (Å²) in [6.45, 7) is 0. The van der Waals surface area contributed by atoms with Crippen molar-refractivity contribution < 1.29 is 8.42 Å². The largest absolute Gasteiger partial charge is 0.368 e. The number of hydrogen-bond acceptors (Lipinski definition) is 7. The summed E-state index contributed by atoms with van der Waals surface area (Å²) in [5.74, 6) is 0.886. The maximum Gasteiger partial charge on any atom is 0.238 e.